The zero-order chi connectivity index (χ0) is 15.7. The van der Waals surface area contributed by atoms with Gasteiger partial charge < -0.3 is 5.32 Å². The molecule has 1 heterocycles. The summed E-state index contributed by atoms with van der Waals surface area (Å²) in [5.41, 5.74) is -5.44. The van der Waals surface area contributed by atoms with Gasteiger partial charge in [-0.25, -0.2) is 13.4 Å². The summed E-state index contributed by atoms with van der Waals surface area (Å²) in [6.45, 7) is 1.69. The van der Waals surface area contributed by atoms with Crippen molar-refractivity contribution in [2.24, 2.45) is 0 Å². The molecule has 0 amide bonds. The standard InChI is InChI=1S/C12H11F3N2O2S2/c1-8(11-16-6-7-20-11)17-9-4-2-3-5-10(9)21(18,19)12(13,14)15/h2-8,17H,1H3. The molecule has 114 valence electrons. The molecule has 0 saturated heterocycles. The maximum atomic E-state index is 12.7. The summed E-state index contributed by atoms with van der Waals surface area (Å²) in [6.07, 6.45) is 1.57. The Morgan fingerprint density at radius 3 is 2.52 bits per heavy atom. The fraction of sp³-hybridized carbons (Fsp3) is 0.250. The Morgan fingerprint density at radius 2 is 1.95 bits per heavy atom. The highest BCUT2D eigenvalue weighted by atomic mass is 32.2. The number of halogens is 3. The molecule has 0 spiro atoms. The van der Waals surface area contributed by atoms with Crippen LogP contribution in [0.1, 0.15) is 18.0 Å². The Bertz CT molecular complexity index is 712. The third-order valence-corrected chi connectivity index (χ3v) is 5.18. The Kier molecular flexibility index (Phi) is 4.24. The number of hydrogen-bond acceptors (Lipinski definition) is 5. The van der Waals surface area contributed by atoms with Crippen molar-refractivity contribution in [2.75, 3.05) is 5.32 Å². The summed E-state index contributed by atoms with van der Waals surface area (Å²) in [5.74, 6) is 0. The number of thiazole rings is 1. The van der Waals surface area contributed by atoms with E-state index in [2.05, 4.69) is 10.3 Å². The molecule has 1 unspecified atom stereocenters. The van der Waals surface area contributed by atoms with E-state index in [-0.39, 0.29) is 5.69 Å². The number of sulfone groups is 1. The number of benzene rings is 1. The molecule has 1 atom stereocenters. The van der Waals surface area contributed by atoms with E-state index in [1.54, 1.807) is 18.5 Å². The normalized spacial score (nSPS) is 13.9. The van der Waals surface area contributed by atoms with E-state index < -0.39 is 26.3 Å². The van der Waals surface area contributed by atoms with Crippen LogP contribution in [-0.2, 0) is 9.84 Å². The monoisotopic (exact) mass is 336 g/mol. The van der Waals surface area contributed by atoms with Crippen molar-refractivity contribution in [3.63, 3.8) is 0 Å². The molecule has 0 aliphatic heterocycles. The minimum atomic E-state index is -5.40. The third kappa shape index (κ3) is 3.18. The zero-order valence-corrected chi connectivity index (χ0v) is 12.4. The smallest absolute Gasteiger partial charge is 0.375 e. The van der Waals surface area contributed by atoms with Crippen molar-refractivity contribution in [1.29, 1.82) is 0 Å². The number of anilines is 1. The third-order valence-electron chi connectivity index (χ3n) is 2.68. The highest BCUT2D eigenvalue weighted by Gasteiger charge is 2.48. The van der Waals surface area contributed by atoms with Gasteiger partial charge in [0, 0.05) is 11.6 Å². The molecule has 1 N–H and O–H groups in total. The maximum Gasteiger partial charge on any atom is 0.501 e. The fourth-order valence-corrected chi connectivity index (χ4v) is 3.26. The number of aromatic nitrogens is 1. The lowest BCUT2D eigenvalue weighted by atomic mass is 10.2. The Labute approximate surface area is 123 Å². The molecule has 0 fully saturated rings. The van der Waals surface area contributed by atoms with E-state index in [1.165, 1.54) is 29.5 Å². The van der Waals surface area contributed by atoms with Gasteiger partial charge in [-0.2, -0.15) is 13.2 Å². The molecule has 1 aromatic heterocycles. The lowest BCUT2D eigenvalue weighted by Crippen LogP contribution is -2.24. The molecule has 2 rings (SSSR count). The van der Waals surface area contributed by atoms with Gasteiger partial charge in [-0.1, -0.05) is 12.1 Å². The second-order valence-corrected chi connectivity index (χ2v) is 7.02. The van der Waals surface area contributed by atoms with Gasteiger partial charge >= 0.3 is 5.51 Å². The quantitative estimate of drug-likeness (QED) is 0.927. The number of nitrogens with one attached hydrogen (secondary N) is 1. The van der Waals surface area contributed by atoms with Gasteiger partial charge in [0.05, 0.1) is 16.6 Å². The number of rotatable bonds is 4. The van der Waals surface area contributed by atoms with Gasteiger partial charge in [0.25, 0.3) is 9.84 Å². The Morgan fingerprint density at radius 1 is 1.29 bits per heavy atom. The lowest BCUT2D eigenvalue weighted by molar-refractivity contribution is -0.0435. The van der Waals surface area contributed by atoms with E-state index in [1.807, 2.05) is 0 Å². The summed E-state index contributed by atoms with van der Waals surface area (Å²) in [7, 11) is -5.40. The molecule has 21 heavy (non-hydrogen) atoms. The first-order valence-electron chi connectivity index (χ1n) is 5.80. The van der Waals surface area contributed by atoms with Crippen molar-refractivity contribution in [3.8, 4) is 0 Å². The maximum absolute atomic E-state index is 12.7. The van der Waals surface area contributed by atoms with Crippen molar-refractivity contribution in [1.82, 2.24) is 4.98 Å². The molecule has 0 bridgehead atoms. The van der Waals surface area contributed by atoms with Crippen LogP contribution in [0.2, 0.25) is 0 Å². The van der Waals surface area contributed by atoms with Gasteiger partial charge in [-0.15, -0.1) is 11.3 Å². The molecule has 1 aromatic carbocycles. The first-order valence-corrected chi connectivity index (χ1v) is 8.16. The molecule has 0 saturated carbocycles. The highest BCUT2D eigenvalue weighted by Crippen LogP contribution is 2.35. The van der Waals surface area contributed by atoms with Crippen LogP contribution in [-0.4, -0.2) is 18.9 Å². The minimum Gasteiger partial charge on any atom is -0.375 e. The SMILES string of the molecule is CC(Nc1ccccc1S(=O)(=O)C(F)(F)F)c1nccs1. The molecular formula is C12H11F3N2O2S2. The zero-order valence-electron chi connectivity index (χ0n) is 10.8. The van der Waals surface area contributed by atoms with E-state index in [9.17, 15) is 21.6 Å². The van der Waals surface area contributed by atoms with E-state index >= 15 is 0 Å². The molecule has 9 heteroatoms. The first kappa shape index (κ1) is 15.8. The van der Waals surface area contributed by atoms with Crippen LogP contribution in [0, 0.1) is 0 Å². The summed E-state index contributed by atoms with van der Waals surface area (Å²) in [4.78, 5) is 3.25. The van der Waals surface area contributed by atoms with Gasteiger partial charge in [0.2, 0.25) is 0 Å². The number of alkyl halides is 3. The largest absolute Gasteiger partial charge is 0.501 e. The molecule has 2 aromatic rings. The van der Waals surface area contributed by atoms with Crippen molar-refractivity contribution in [2.45, 2.75) is 23.4 Å². The number of para-hydroxylation sites is 1. The van der Waals surface area contributed by atoms with Crippen LogP contribution < -0.4 is 5.32 Å². The van der Waals surface area contributed by atoms with Crippen molar-refractivity contribution < 1.29 is 21.6 Å². The molecule has 0 aliphatic rings. The fourth-order valence-electron chi connectivity index (χ4n) is 1.69. The van der Waals surface area contributed by atoms with Gasteiger partial charge in [0.15, 0.2) is 0 Å². The highest BCUT2D eigenvalue weighted by molar-refractivity contribution is 7.92. The van der Waals surface area contributed by atoms with Gasteiger partial charge in [0.1, 0.15) is 5.01 Å². The Balaban J connectivity index is 2.39. The minimum absolute atomic E-state index is 0.0995. The molecular weight excluding hydrogens is 325 g/mol. The first-order chi connectivity index (χ1) is 9.73. The van der Waals surface area contributed by atoms with Crippen LogP contribution in [0.25, 0.3) is 0 Å². The van der Waals surface area contributed by atoms with Gasteiger partial charge in [-0.05, 0) is 19.1 Å². The van der Waals surface area contributed by atoms with E-state index in [0.29, 0.717) is 5.01 Å². The number of nitrogens with zero attached hydrogens (tertiary/aromatic N) is 1. The molecule has 4 nitrogen and oxygen atoms in total. The summed E-state index contributed by atoms with van der Waals surface area (Å²) in [6, 6.07) is 4.53. The number of hydrogen-bond donors (Lipinski definition) is 1. The summed E-state index contributed by atoms with van der Waals surface area (Å²) >= 11 is 1.32. The molecule has 0 aliphatic carbocycles. The predicted octanol–water partition coefficient (Wildman–Crippen LogP) is 3.61. The van der Waals surface area contributed by atoms with Crippen LogP contribution in [0.3, 0.4) is 0 Å². The lowest BCUT2D eigenvalue weighted by Gasteiger charge is -2.17. The average Bonchev–Trinajstić information content (AvgIpc) is 2.91. The topological polar surface area (TPSA) is 59.1 Å². The average molecular weight is 336 g/mol. The van der Waals surface area contributed by atoms with Crippen LogP contribution in [0.5, 0.6) is 0 Å². The second kappa shape index (κ2) is 5.64. The van der Waals surface area contributed by atoms with Crippen molar-refractivity contribution >= 4 is 26.9 Å². The second-order valence-electron chi connectivity index (χ2n) is 4.18. The Hall–Kier alpha value is -1.61. The van der Waals surface area contributed by atoms with Crippen LogP contribution in [0.15, 0.2) is 40.7 Å². The van der Waals surface area contributed by atoms with Crippen molar-refractivity contribution in [3.05, 3.63) is 40.8 Å². The van der Waals surface area contributed by atoms with E-state index in [4.69, 9.17) is 0 Å². The molecule has 0 radical (unpaired) electrons. The van der Waals surface area contributed by atoms with Crippen LogP contribution >= 0.6 is 11.3 Å². The van der Waals surface area contributed by atoms with E-state index in [0.717, 1.165) is 6.07 Å². The summed E-state index contributed by atoms with van der Waals surface area (Å²) < 4.78 is 61.2. The van der Waals surface area contributed by atoms with Gasteiger partial charge in [-0.3, -0.25) is 0 Å². The van der Waals surface area contributed by atoms with Crippen LogP contribution in [0.4, 0.5) is 18.9 Å². The summed E-state index contributed by atoms with van der Waals surface area (Å²) in [5, 5.41) is 5.14. The predicted molar refractivity (Wildman–Crippen MR) is 73.8 cm³/mol.